The zero-order valence-electron chi connectivity index (χ0n) is 9.30. The molecule has 1 fully saturated rings. The number of ether oxygens (including phenoxy) is 1. The van der Waals surface area contributed by atoms with Gasteiger partial charge >= 0.3 is 5.97 Å². The molecule has 2 aromatic rings. The molecule has 0 aliphatic carbocycles. The van der Waals surface area contributed by atoms with Crippen molar-refractivity contribution in [2.45, 2.75) is 6.10 Å². The number of aromatic nitrogens is 5. The fraction of sp³-hybridized carbons (Fsp3) is 0.444. The van der Waals surface area contributed by atoms with Gasteiger partial charge in [0.15, 0.2) is 17.6 Å². The Bertz CT molecular complexity index is 584. The molecule has 0 amide bonds. The maximum atomic E-state index is 10.9. The number of tetrazole rings is 1. The number of nitrogens with zero attached hydrogens (tertiary/aromatic N) is 6. The van der Waals surface area contributed by atoms with Crippen LogP contribution in [0.15, 0.2) is 12.1 Å². The first-order valence-electron chi connectivity index (χ1n) is 5.39. The SMILES string of the molecule is O=C(O)C1CN(c2ccc3nnnn3n2)CCO1. The van der Waals surface area contributed by atoms with Crippen LogP contribution in [0.3, 0.4) is 0 Å². The molecule has 0 spiro atoms. The Morgan fingerprint density at radius 2 is 2.39 bits per heavy atom. The molecule has 0 aromatic carbocycles. The van der Waals surface area contributed by atoms with Gasteiger partial charge in [-0.25, -0.2) is 4.79 Å². The number of anilines is 1. The van der Waals surface area contributed by atoms with E-state index in [1.54, 1.807) is 12.1 Å². The van der Waals surface area contributed by atoms with Gasteiger partial charge in [-0.2, -0.15) is 0 Å². The average molecular weight is 250 g/mol. The molecular formula is C9H10N6O3. The highest BCUT2D eigenvalue weighted by atomic mass is 16.5. The fourth-order valence-corrected chi connectivity index (χ4v) is 1.82. The van der Waals surface area contributed by atoms with Crippen molar-refractivity contribution in [1.29, 1.82) is 0 Å². The van der Waals surface area contributed by atoms with Crippen LogP contribution in [0.2, 0.25) is 0 Å². The first-order chi connectivity index (χ1) is 8.74. The third-order valence-electron chi connectivity index (χ3n) is 2.72. The minimum absolute atomic E-state index is 0.260. The highest BCUT2D eigenvalue weighted by Gasteiger charge is 2.27. The number of aliphatic carboxylic acids is 1. The van der Waals surface area contributed by atoms with Crippen LogP contribution in [-0.4, -0.2) is 62.1 Å². The van der Waals surface area contributed by atoms with Crippen LogP contribution >= 0.6 is 0 Å². The van der Waals surface area contributed by atoms with Crippen molar-refractivity contribution in [2.24, 2.45) is 0 Å². The summed E-state index contributed by atoms with van der Waals surface area (Å²) in [6.07, 6.45) is -0.829. The van der Waals surface area contributed by atoms with E-state index in [4.69, 9.17) is 9.84 Å². The fourth-order valence-electron chi connectivity index (χ4n) is 1.82. The van der Waals surface area contributed by atoms with Crippen LogP contribution in [-0.2, 0) is 9.53 Å². The van der Waals surface area contributed by atoms with Crippen LogP contribution in [0.25, 0.3) is 5.65 Å². The molecule has 1 atom stereocenters. The van der Waals surface area contributed by atoms with E-state index in [9.17, 15) is 4.79 Å². The molecule has 3 rings (SSSR count). The quantitative estimate of drug-likeness (QED) is 0.709. The van der Waals surface area contributed by atoms with Gasteiger partial charge in [-0.3, -0.25) is 0 Å². The van der Waals surface area contributed by atoms with Crippen molar-refractivity contribution in [3.05, 3.63) is 12.1 Å². The maximum Gasteiger partial charge on any atom is 0.334 e. The molecule has 2 aromatic heterocycles. The summed E-state index contributed by atoms with van der Waals surface area (Å²) in [7, 11) is 0. The lowest BCUT2D eigenvalue weighted by atomic mass is 10.2. The molecule has 0 radical (unpaired) electrons. The molecular weight excluding hydrogens is 240 g/mol. The van der Waals surface area contributed by atoms with Gasteiger partial charge in [0, 0.05) is 6.54 Å². The summed E-state index contributed by atoms with van der Waals surface area (Å²) in [5.74, 6) is -0.340. The highest BCUT2D eigenvalue weighted by Crippen LogP contribution is 2.15. The third-order valence-corrected chi connectivity index (χ3v) is 2.72. The number of carboxylic acids is 1. The largest absolute Gasteiger partial charge is 0.479 e. The maximum absolute atomic E-state index is 10.9. The highest BCUT2D eigenvalue weighted by molar-refractivity contribution is 5.73. The zero-order chi connectivity index (χ0) is 12.5. The van der Waals surface area contributed by atoms with Crippen LogP contribution in [0.5, 0.6) is 0 Å². The van der Waals surface area contributed by atoms with Gasteiger partial charge in [0.1, 0.15) is 0 Å². The summed E-state index contributed by atoms with van der Waals surface area (Å²) in [6, 6.07) is 3.49. The van der Waals surface area contributed by atoms with E-state index in [2.05, 4.69) is 20.6 Å². The normalized spacial score (nSPS) is 20.2. The number of hydrogen-bond donors (Lipinski definition) is 1. The number of carboxylic acid groups (broad SMARTS) is 1. The Hall–Kier alpha value is -2.29. The van der Waals surface area contributed by atoms with Crippen molar-refractivity contribution in [2.75, 3.05) is 24.6 Å². The molecule has 1 aliphatic heterocycles. The molecule has 9 heteroatoms. The lowest BCUT2D eigenvalue weighted by Gasteiger charge is -2.31. The van der Waals surface area contributed by atoms with E-state index in [-0.39, 0.29) is 6.54 Å². The van der Waals surface area contributed by atoms with Gasteiger partial charge in [0.2, 0.25) is 0 Å². The standard InChI is InChI=1S/C9H10N6O3/c16-9(17)6-5-14(3-4-18-6)8-2-1-7-10-12-13-15(7)11-8/h1-2,6H,3-5H2,(H,16,17). The van der Waals surface area contributed by atoms with E-state index in [1.165, 1.54) is 4.63 Å². The Morgan fingerprint density at radius 3 is 3.22 bits per heavy atom. The molecule has 1 unspecified atom stereocenters. The Labute approximate surface area is 101 Å². The van der Waals surface area contributed by atoms with Gasteiger partial charge in [0.05, 0.1) is 13.2 Å². The lowest BCUT2D eigenvalue weighted by molar-refractivity contribution is -0.150. The molecule has 0 saturated carbocycles. The van der Waals surface area contributed by atoms with Gasteiger partial charge in [-0.1, -0.05) is 0 Å². The first kappa shape index (κ1) is 10.8. The van der Waals surface area contributed by atoms with E-state index in [0.29, 0.717) is 24.6 Å². The van der Waals surface area contributed by atoms with Crippen LogP contribution < -0.4 is 4.90 Å². The topological polar surface area (TPSA) is 106 Å². The van der Waals surface area contributed by atoms with E-state index >= 15 is 0 Å². The number of morpholine rings is 1. The number of fused-ring (bicyclic) bond motifs is 1. The number of carbonyl (C=O) groups is 1. The molecule has 18 heavy (non-hydrogen) atoms. The second-order valence-corrected chi connectivity index (χ2v) is 3.86. The molecule has 9 nitrogen and oxygen atoms in total. The van der Waals surface area contributed by atoms with Gasteiger partial charge in [-0.15, -0.1) is 14.8 Å². The zero-order valence-corrected chi connectivity index (χ0v) is 9.30. The Kier molecular flexibility index (Phi) is 2.52. The van der Waals surface area contributed by atoms with Gasteiger partial charge < -0.3 is 14.7 Å². The van der Waals surface area contributed by atoms with E-state index in [1.807, 2.05) is 4.90 Å². The Morgan fingerprint density at radius 1 is 1.50 bits per heavy atom. The smallest absolute Gasteiger partial charge is 0.334 e. The Balaban J connectivity index is 1.86. The summed E-state index contributed by atoms with van der Waals surface area (Å²) >= 11 is 0. The van der Waals surface area contributed by atoms with Crippen molar-refractivity contribution in [3.8, 4) is 0 Å². The second kappa shape index (κ2) is 4.18. The summed E-state index contributed by atoms with van der Waals surface area (Å²) < 4.78 is 6.45. The molecule has 1 saturated heterocycles. The predicted octanol–water partition coefficient (Wildman–Crippen LogP) is -1.19. The van der Waals surface area contributed by atoms with Crippen LogP contribution in [0.1, 0.15) is 0 Å². The molecule has 3 heterocycles. The van der Waals surface area contributed by atoms with Crippen LogP contribution in [0.4, 0.5) is 5.82 Å². The predicted molar refractivity (Wildman–Crippen MR) is 58.2 cm³/mol. The van der Waals surface area contributed by atoms with Crippen molar-refractivity contribution in [1.82, 2.24) is 25.3 Å². The summed E-state index contributed by atoms with van der Waals surface area (Å²) in [5, 5.41) is 24.1. The van der Waals surface area contributed by atoms with Crippen molar-refractivity contribution < 1.29 is 14.6 Å². The van der Waals surface area contributed by atoms with E-state index < -0.39 is 12.1 Å². The summed E-state index contributed by atoms with van der Waals surface area (Å²) in [4.78, 5) is 12.7. The first-order valence-corrected chi connectivity index (χ1v) is 5.39. The number of rotatable bonds is 2. The van der Waals surface area contributed by atoms with Crippen molar-refractivity contribution >= 4 is 17.4 Å². The van der Waals surface area contributed by atoms with Crippen molar-refractivity contribution in [3.63, 3.8) is 0 Å². The van der Waals surface area contributed by atoms with Gasteiger partial charge in [-0.05, 0) is 22.6 Å². The van der Waals surface area contributed by atoms with E-state index in [0.717, 1.165) is 0 Å². The molecule has 1 N–H and O–H groups in total. The summed E-state index contributed by atoms with van der Waals surface area (Å²) in [5.41, 5.74) is 0.543. The minimum Gasteiger partial charge on any atom is -0.479 e. The monoisotopic (exact) mass is 250 g/mol. The second-order valence-electron chi connectivity index (χ2n) is 3.86. The van der Waals surface area contributed by atoms with Gasteiger partial charge in [0.25, 0.3) is 0 Å². The lowest BCUT2D eigenvalue weighted by Crippen LogP contribution is -2.46. The minimum atomic E-state index is -0.969. The van der Waals surface area contributed by atoms with Crippen LogP contribution in [0, 0.1) is 0 Å². The average Bonchev–Trinajstić information content (AvgIpc) is 2.86. The molecule has 0 bridgehead atoms. The summed E-state index contributed by atoms with van der Waals surface area (Å²) in [6.45, 7) is 1.20. The molecule has 94 valence electrons. The molecule has 1 aliphatic rings. The third kappa shape index (κ3) is 1.84. The number of hydrogen-bond acceptors (Lipinski definition) is 7.